The van der Waals surface area contributed by atoms with E-state index in [9.17, 15) is 0 Å². The molecular weight excluding hydrogens is 1250 g/mol. The molecule has 0 atom stereocenters. The van der Waals surface area contributed by atoms with Gasteiger partial charge in [-0.05, 0) is 158 Å². The summed E-state index contributed by atoms with van der Waals surface area (Å²) in [6, 6.07) is 123. The molecule has 0 spiro atoms. The number of hydrogen-bond acceptors (Lipinski definition) is 4. The molecule has 460 valence electrons. The van der Waals surface area contributed by atoms with Gasteiger partial charge in [0.1, 0.15) is 33.6 Å². The van der Waals surface area contributed by atoms with Crippen molar-refractivity contribution in [2.75, 3.05) is 10.2 Å². The van der Waals surface area contributed by atoms with Crippen molar-refractivity contribution in [1.82, 2.24) is 18.3 Å². The number of nitrogens with zero attached hydrogens (tertiary/aromatic N) is 5. The zero-order valence-corrected chi connectivity index (χ0v) is 54.0. The molecule has 0 saturated carbocycles. The number of aromatic nitrogens is 4. The van der Waals surface area contributed by atoms with Crippen LogP contribution in [0.3, 0.4) is 0 Å². The Morgan fingerprint density at radius 3 is 1.16 bits per heavy atom. The minimum absolute atomic E-state index is 0.874. The number of nitrogens with one attached hydrogen (secondary N) is 1. The average Bonchev–Trinajstić information content (AvgIpc) is 1.55. The normalized spacial score (nSPS) is 11.6. The zero-order chi connectivity index (χ0) is 64.3. The molecule has 8 nitrogen and oxygen atoms in total. The van der Waals surface area contributed by atoms with Crippen LogP contribution in [-0.2, 0) is 0 Å². The molecule has 0 aliphatic carbocycles. The molecule has 0 amide bonds. The molecule has 1 N–H and O–H groups in total. The van der Waals surface area contributed by atoms with E-state index in [1.807, 2.05) is 60.7 Å². The summed E-state index contributed by atoms with van der Waals surface area (Å²) >= 11 is 3.68. The van der Waals surface area contributed by atoms with Gasteiger partial charge in [-0.1, -0.05) is 210 Å². The standard InChI is InChI=1S/C44H29N3O.C26H17BrN2.C18H13NO/c1-4-15-30(16-5-1)45(39-24-14-26-41-43(39)35-22-11-13-25-40(35)48-41)33-27-28-38-36(29-33)42-34-21-10-12-23-37(34)46(31-17-6-2-7-18-31)44(42)47(38)32-19-8-3-9-20-32;27-18-15-16-24-22(17-18)25-21-13-7-8-14-23(21)28(19-9-3-1-4-10-19)26(25)29(24)20-11-5-2-6-12-20;1-2-7-13(8-3-1)19-15-10-6-12-17-18(15)14-9-4-5-11-16(14)20-17/h1-29H;1-17H;1-12,19H. The number of benzene rings is 14. The summed E-state index contributed by atoms with van der Waals surface area (Å²) in [6.07, 6.45) is 0. The number of halogens is 1. The van der Waals surface area contributed by atoms with Crippen molar-refractivity contribution in [2.45, 2.75) is 0 Å². The van der Waals surface area contributed by atoms with Gasteiger partial charge in [0, 0.05) is 87.4 Å². The minimum Gasteiger partial charge on any atom is -0.456 e. The van der Waals surface area contributed by atoms with E-state index in [0.29, 0.717) is 0 Å². The highest BCUT2D eigenvalue weighted by atomic mass is 79.9. The van der Waals surface area contributed by atoms with Gasteiger partial charge in [0.25, 0.3) is 0 Å². The molecule has 0 fully saturated rings. The van der Waals surface area contributed by atoms with Crippen LogP contribution in [0.15, 0.2) is 365 Å². The summed E-state index contributed by atoms with van der Waals surface area (Å²) in [5.74, 6) is 0. The van der Waals surface area contributed by atoms with Gasteiger partial charge in [0.15, 0.2) is 0 Å². The van der Waals surface area contributed by atoms with E-state index in [0.717, 1.165) is 111 Å². The molecule has 20 rings (SSSR count). The van der Waals surface area contributed by atoms with Gasteiger partial charge < -0.3 is 19.1 Å². The summed E-state index contributed by atoms with van der Waals surface area (Å²) in [6.45, 7) is 0. The Kier molecular flexibility index (Phi) is 14.2. The fraction of sp³-hybridized carbons (Fsp3) is 0. The Balaban J connectivity index is 0.000000118. The lowest BCUT2D eigenvalue weighted by molar-refractivity contribution is 0.668. The van der Waals surface area contributed by atoms with Crippen molar-refractivity contribution in [2.24, 2.45) is 0 Å². The van der Waals surface area contributed by atoms with Crippen LogP contribution in [0.2, 0.25) is 0 Å². The predicted octanol–water partition coefficient (Wildman–Crippen LogP) is 24.9. The van der Waals surface area contributed by atoms with E-state index in [-0.39, 0.29) is 0 Å². The lowest BCUT2D eigenvalue weighted by atomic mass is 10.1. The van der Waals surface area contributed by atoms with Crippen LogP contribution in [0, 0.1) is 0 Å². The lowest BCUT2D eigenvalue weighted by Crippen LogP contribution is -2.10. The van der Waals surface area contributed by atoms with Crippen LogP contribution >= 0.6 is 15.9 Å². The maximum Gasteiger partial charge on any atom is 0.137 e. The monoisotopic (exact) mass is 1310 g/mol. The van der Waals surface area contributed by atoms with Crippen LogP contribution in [0.4, 0.5) is 28.4 Å². The van der Waals surface area contributed by atoms with Crippen LogP contribution < -0.4 is 10.2 Å². The number of rotatable bonds is 9. The highest BCUT2D eigenvalue weighted by Gasteiger charge is 2.26. The Morgan fingerprint density at radius 2 is 0.649 bits per heavy atom. The molecule has 0 aliphatic rings. The van der Waals surface area contributed by atoms with Crippen molar-refractivity contribution < 1.29 is 8.83 Å². The van der Waals surface area contributed by atoms with E-state index in [2.05, 4.69) is 336 Å². The quantitative estimate of drug-likeness (QED) is 0.156. The van der Waals surface area contributed by atoms with E-state index in [1.165, 1.54) is 54.5 Å². The smallest absolute Gasteiger partial charge is 0.137 e. The molecule has 14 aromatic carbocycles. The fourth-order valence-corrected chi connectivity index (χ4v) is 14.8. The minimum atomic E-state index is 0.874. The first-order chi connectivity index (χ1) is 48.1. The summed E-state index contributed by atoms with van der Waals surface area (Å²) in [5.41, 5.74) is 20.7. The largest absolute Gasteiger partial charge is 0.456 e. The Morgan fingerprint density at radius 1 is 0.268 bits per heavy atom. The molecular formula is C88H59BrN6O2. The van der Waals surface area contributed by atoms with Crippen LogP contribution in [-0.4, -0.2) is 18.3 Å². The molecule has 6 aromatic heterocycles. The van der Waals surface area contributed by atoms with Gasteiger partial charge in [-0.25, -0.2) is 0 Å². The first kappa shape index (κ1) is 57.1. The zero-order valence-electron chi connectivity index (χ0n) is 52.4. The Hall–Kier alpha value is -12.6. The summed E-state index contributed by atoms with van der Waals surface area (Å²) in [7, 11) is 0. The van der Waals surface area contributed by atoms with Gasteiger partial charge in [0.2, 0.25) is 0 Å². The molecule has 0 saturated heterocycles. The van der Waals surface area contributed by atoms with Crippen molar-refractivity contribution in [3.8, 4) is 22.7 Å². The van der Waals surface area contributed by atoms with Gasteiger partial charge in [0.05, 0.1) is 44.2 Å². The Bertz CT molecular complexity index is 6290. The average molecular weight is 1310 g/mol. The van der Waals surface area contributed by atoms with E-state index in [4.69, 9.17) is 8.83 Å². The molecule has 97 heavy (non-hydrogen) atoms. The molecule has 0 radical (unpaired) electrons. The fourth-order valence-electron chi connectivity index (χ4n) is 14.5. The second-order valence-electron chi connectivity index (χ2n) is 24.2. The van der Waals surface area contributed by atoms with Crippen LogP contribution in [0.5, 0.6) is 0 Å². The molecule has 0 aliphatic heterocycles. The van der Waals surface area contributed by atoms with E-state index in [1.54, 1.807) is 0 Å². The third-order valence-corrected chi connectivity index (χ3v) is 19.0. The second-order valence-corrected chi connectivity index (χ2v) is 25.1. The highest BCUT2D eigenvalue weighted by molar-refractivity contribution is 9.10. The molecule has 9 heteroatoms. The lowest BCUT2D eigenvalue weighted by Gasteiger charge is -2.26. The third kappa shape index (κ3) is 9.82. The van der Waals surface area contributed by atoms with Gasteiger partial charge >= 0.3 is 0 Å². The number of para-hydroxylation sites is 10. The predicted molar refractivity (Wildman–Crippen MR) is 408 cm³/mol. The molecule has 20 aromatic rings. The summed E-state index contributed by atoms with van der Waals surface area (Å²) in [5, 5.41) is 15.4. The second kappa shape index (κ2) is 24.1. The van der Waals surface area contributed by atoms with Gasteiger partial charge in [-0.15, -0.1) is 0 Å². The molecule has 0 unspecified atom stereocenters. The van der Waals surface area contributed by atoms with Gasteiger partial charge in [-0.2, -0.15) is 0 Å². The number of anilines is 5. The van der Waals surface area contributed by atoms with Crippen LogP contribution in [0.1, 0.15) is 0 Å². The van der Waals surface area contributed by atoms with Crippen LogP contribution in [0.25, 0.3) is 132 Å². The van der Waals surface area contributed by atoms with Crippen molar-refractivity contribution in [1.29, 1.82) is 0 Å². The number of fused-ring (bicyclic) bond motifs is 16. The number of furan rings is 2. The first-order valence-electron chi connectivity index (χ1n) is 32.6. The summed E-state index contributed by atoms with van der Waals surface area (Å²) in [4.78, 5) is 2.37. The first-order valence-corrected chi connectivity index (χ1v) is 33.4. The van der Waals surface area contributed by atoms with Gasteiger partial charge in [-0.3, -0.25) is 18.3 Å². The van der Waals surface area contributed by atoms with Crippen molar-refractivity contribution >= 4 is 154 Å². The maximum absolute atomic E-state index is 6.36. The topological polar surface area (TPSA) is 61.3 Å². The van der Waals surface area contributed by atoms with E-state index >= 15 is 0 Å². The van der Waals surface area contributed by atoms with Crippen molar-refractivity contribution in [3.63, 3.8) is 0 Å². The van der Waals surface area contributed by atoms with Crippen molar-refractivity contribution in [3.05, 3.63) is 356 Å². The number of hydrogen-bond donors (Lipinski definition) is 1. The SMILES string of the molecule is Brc1ccc2c(c1)c1c3ccccc3n(-c3ccccc3)c1n2-c1ccccc1.c1ccc(N(c2ccc3c(c2)c2c4ccccc4n(-c4ccccc4)c2n3-c2ccccc2)c2cccc3oc4ccccc4c23)cc1.c1ccc(Nc2cccc3oc4ccccc4c23)cc1. The Labute approximate surface area is 566 Å². The summed E-state index contributed by atoms with van der Waals surface area (Å²) < 4.78 is 22.9. The molecule has 0 bridgehead atoms. The highest BCUT2D eigenvalue weighted by Crippen LogP contribution is 2.48. The molecule has 6 heterocycles. The maximum atomic E-state index is 6.36. The van der Waals surface area contributed by atoms with E-state index < -0.39 is 0 Å². The third-order valence-electron chi connectivity index (χ3n) is 18.5.